The molecular weight excluding hydrogens is 1100 g/mol. The molecule has 2 aromatic rings. The molecule has 10 nitrogen and oxygen atoms in total. The molecule has 2 bridgehead atoms. The Morgan fingerprint density at radius 2 is 0.694 bits per heavy atom. The first kappa shape index (κ1) is 77.2. The zero-order chi connectivity index (χ0) is 63.6. The zero-order valence-electron chi connectivity index (χ0n) is 57.4. The van der Waals surface area contributed by atoms with Gasteiger partial charge >= 0.3 is 22.2 Å². The minimum Gasteiger partial charge on any atom is -0.507 e. The summed E-state index contributed by atoms with van der Waals surface area (Å²) in [5, 5.41) is 31.5. The highest BCUT2D eigenvalue weighted by atomic mass is 31.2. The second kappa shape index (κ2) is 36.7. The van der Waals surface area contributed by atoms with Gasteiger partial charge in [0.25, 0.3) is 0 Å². The van der Waals surface area contributed by atoms with Gasteiger partial charge in [-0.1, -0.05) is 327 Å². The van der Waals surface area contributed by atoms with Crippen LogP contribution >= 0.6 is 16.2 Å². The van der Waals surface area contributed by atoms with Crippen molar-refractivity contribution in [2.24, 2.45) is 10.8 Å². The Morgan fingerprint density at radius 1 is 0.447 bits per heavy atom. The summed E-state index contributed by atoms with van der Waals surface area (Å²) in [4.78, 5) is 35.2. The largest absolute Gasteiger partial charge is 0.507 e. The molecule has 0 saturated carbocycles. The van der Waals surface area contributed by atoms with E-state index < -0.39 is 38.2 Å². The summed E-state index contributed by atoms with van der Waals surface area (Å²) in [6.45, 7) is 32.1. The first-order valence-electron chi connectivity index (χ1n) is 34.5. The fourth-order valence-corrected chi connectivity index (χ4v) is 15.6. The van der Waals surface area contributed by atoms with E-state index in [0.717, 1.165) is 71.9 Å². The van der Waals surface area contributed by atoms with E-state index >= 15 is 0 Å². The van der Waals surface area contributed by atoms with Gasteiger partial charge in [0.15, 0.2) is 0 Å². The quantitative estimate of drug-likeness (QED) is 0.0321. The van der Waals surface area contributed by atoms with Crippen molar-refractivity contribution >= 4 is 22.2 Å². The van der Waals surface area contributed by atoms with Crippen LogP contribution in [0.5, 0.6) is 11.5 Å². The summed E-state index contributed by atoms with van der Waals surface area (Å²) in [6, 6.07) is 7.82. The van der Waals surface area contributed by atoms with E-state index in [-0.39, 0.29) is 27.4 Å². The molecule has 5 rings (SSSR count). The zero-order valence-corrected chi connectivity index (χ0v) is 59.1. The maximum atomic E-state index is 13.9. The number of hydrogen-bond donors (Lipinski definition) is 5. The summed E-state index contributed by atoms with van der Waals surface area (Å²) >= 11 is 0. The van der Waals surface area contributed by atoms with Gasteiger partial charge in [0, 0.05) is 0 Å². The van der Waals surface area contributed by atoms with Crippen molar-refractivity contribution in [1.29, 1.82) is 0 Å². The van der Waals surface area contributed by atoms with Crippen LogP contribution in [0.3, 0.4) is 0 Å². The van der Waals surface area contributed by atoms with Crippen molar-refractivity contribution in [3.8, 4) is 11.5 Å². The van der Waals surface area contributed by atoms with Crippen molar-refractivity contribution in [1.82, 2.24) is 0 Å². The van der Waals surface area contributed by atoms with Gasteiger partial charge in [0.05, 0.1) is 35.8 Å². The molecule has 3 saturated heterocycles. The van der Waals surface area contributed by atoms with Gasteiger partial charge in [-0.3, -0.25) is 9.36 Å². The molecule has 85 heavy (non-hydrogen) atoms. The summed E-state index contributed by atoms with van der Waals surface area (Å²) in [5.41, 5.74) is 1.68. The van der Waals surface area contributed by atoms with Gasteiger partial charge < -0.3 is 38.7 Å². The van der Waals surface area contributed by atoms with Gasteiger partial charge in [0.2, 0.25) is 0 Å². The van der Waals surface area contributed by atoms with Crippen molar-refractivity contribution in [3.05, 3.63) is 57.6 Å². The van der Waals surface area contributed by atoms with Crippen LogP contribution in [0.1, 0.15) is 356 Å². The van der Waals surface area contributed by atoms with Crippen LogP contribution in [0.15, 0.2) is 24.3 Å². The maximum Gasteiger partial charge on any atom is 0.335 e. The molecule has 3 aliphatic rings. The highest BCUT2D eigenvalue weighted by molar-refractivity contribution is 7.53. The van der Waals surface area contributed by atoms with Gasteiger partial charge in [-0.2, -0.15) is 0 Å². The summed E-state index contributed by atoms with van der Waals surface area (Å²) < 4.78 is 30.7. The molecule has 3 heterocycles. The standard InChI is InChI=1S/C51H97O4P.C22H33O6P/c1-9-11-13-15-17-19-21-23-25-27-29-31-33-35-37-39-41-51(56(53,54)55,45-43-46(49(3,4)5)48(52)47(44-45)50(6,7)8)42-40-38-36-34-32-30-28-26-24-22-20-18-16-14-12-10-2;1-19(2,3)15-8-14(9-16(17(15)23)20(4,5)6)10-21(7,18(24)25)22-11-26-29(27-12-22)28-13-22/h43-44,52H,9-42H2,1-8H3,(H2,53,54,55);8-9,23H,10-13H2,1-7H3,(H,24,25). The van der Waals surface area contributed by atoms with Crippen LogP contribution in [0.2, 0.25) is 0 Å². The molecule has 0 radical (unpaired) electrons. The number of hydrogen-bond acceptors (Lipinski definition) is 7. The molecule has 3 aliphatic heterocycles. The molecule has 0 amide bonds. The smallest absolute Gasteiger partial charge is 0.335 e. The highest BCUT2D eigenvalue weighted by Gasteiger charge is 2.60. The van der Waals surface area contributed by atoms with E-state index in [9.17, 15) is 34.5 Å². The number of rotatable bonds is 40. The number of unbranched alkanes of at least 4 members (excludes halogenated alkanes) is 30. The Hall–Kier alpha value is -2.03. The van der Waals surface area contributed by atoms with E-state index in [1.807, 2.05) is 65.8 Å². The lowest BCUT2D eigenvalue weighted by Crippen LogP contribution is -2.58. The van der Waals surface area contributed by atoms with Gasteiger partial charge in [-0.15, -0.1) is 0 Å². The number of benzene rings is 2. The average molecular weight is 1230 g/mol. The number of aliphatic carboxylic acids is 1. The number of phenolic OH excluding ortho intramolecular Hbond substituents is 2. The van der Waals surface area contributed by atoms with Crippen LogP contribution < -0.4 is 0 Å². The maximum absolute atomic E-state index is 13.9. The van der Waals surface area contributed by atoms with Crippen molar-refractivity contribution in [3.63, 3.8) is 0 Å². The van der Waals surface area contributed by atoms with Crippen LogP contribution in [-0.2, 0) is 56.2 Å². The van der Waals surface area contributed by atoms with Crippen molar-refractivity contribution in [2.45, 2.75) is 355 Å². The topological polar surface area (TPSA) is 163 Å². The molecule has 1 atom stereocenters. The Balaban J connectivity index is 0.000000540. The molecule has 0 spiro atoms. The Labute approximate surface area is 522 Å². The molecular formula is C73H130O10P2. The fraction of sp³-hybridized carbons (Fsp3) is 0.822. The van der Waals surface area contributed by atoms with Gasteiger partial charge in [0.1, 0.15) is 11.5 Å². The predicted molar refractivity (Wildman–Crippen MR) is 360 cm³/mol. The van der Waals surface area contributed by atoms with Crippen LogP contribution in [0, 0.1) is 10.8 Å². The van der Waals surface area contributed by atoms with Crippen molar-refractivity contribution in [2.75, 3.05) is 19.8 Å². The number of phenols is 2. The van der Waals surface area contributed by atoms with E-state index in [1.54, 1.807) is 6.92 Å². The Morgan fingerprint density at radius 3 is 0.929 bits per heavy atom. The SMILES string of the molecule is CC(C)(C)c1cc(CC(C)(C(=O)O)C23COP(OC2)OC3)cc(C(C)(C)C)c1O.CCCCCCCCCCCCCCCCCCC(CCCCCCCCCCCCCCCCCC)(c1cc(C(C)(C)C)c(O)c(C(C)(C)C)c1)P(=O)(O)O. The van der Waals surface area contributed by atoms with E-state index in [1.165, 1.54) is 167 Å². The second-order valence-electron chi connectivity index (χ2n) is 30.8. The molecule has 1 unspecified atom stereocenters. The Bertz CT molecular complexity index is 2130. The van der Waals surface area contributed by atoms with E-state index in [0.29, 0.717) is 44.8 Å². The van der Waals surface area contributed by atoms with E-state index in [2.05, 4.69) is 55.4 Å². The van der Waals surface area contributed by atoms with Gasteiger partial charge in [-0.25, -0.2) is 0 Å². The average Bonchev–Trinajstić information content (AvgIpc) is 0.877. The molecule has 5 N–H and O–H groups in total. The number of aromatic hydroxyl groups is 2. The van der Waals surface area contributed by atoms with Crippen LogP contribution in [0.4, 0.5) is 0 Å². The monoisotopic (exact) mass is 1230 g/mol. The lowest BCUT2D eigenvalue weighted by molar-refractivity contribution is -0.180. The minimum atomic E-state index is -4.55. The molecule has 492 valence electrons. The third kappa shape index (κ3) is 24.9. The first-order valence-corrected chi connectivity index (χ1v) is 37.3. The number of carbonyl (C=O) groups is 1. The lowest BCUT2D eigenvalue weighted by Gasteiger charge is -2.52. The number of carboxylic acids is 1. The Kier molecular flexibility index (Phi) is 33.4. The fourth-order valence-electron chi connectivity index (χ4n) is 12.9. The normalized spacial score (nSPS) is 17.7. The predicted octanol–water partition coefficient (Wildman–Crippen LogP) is 22.6. The molecule has 12 heteroatoms. The molecule has 3 fully saturated rings. The second-order valence-corrected chi connectivity index (χ2v) is 33.9. The van der Waals surface area contributed by atoms with Crippen molar-refractivity contribution < 1.29 is 48.0 Å². The van der Waals surface area contributed by atoms with Crippen LogP contribution in [0.25, 0.3) is 0 Å². The third-order valence-electron chi connectivity index (χ3n) is 19.0. The first-order chi connectivity index (χ1) is 39.8. The van der Waals surface area contributed by atoms with E-state index in [4.69, 9.17) is 13.6 Å². The number of carboxylic acid groups (broad SMARTS) is 1. The van der Waals surface area contributed by atoms with Gasteiger partial charge in [-0.05, 0) is 81.2 Å². The summed E-state index contributed by atoms with van der Waals surface area (Å²) in [6.07, 6.45) is 42.4. The molecule has 0 aromatic heterocycles. The third-order valence-corrected chi connectivity index (χ3v) is 21.9. The lowest BCUT2D eigenvalue weighted by atomic mass is 9.62. The minimum absolute atomic E-state index is 0.276. The summed E-state index contributed by atoms with van der Waals surface area (Å²) in [5.74, 6) is -0.331. The highest BCUT2D eigenvalue weighted by Crippen LogP contribution is 2.64. The number of fused-ring (bicyclic) bond motifs is 3. The van der Waals surface area contributed by atoms with Crippen LogP contribution in [-0.4, -0.2) is 50.9 Å². The molecule has 2 aromatic carbocycles. The summed E-state index contributed by atoms with van der Waals surface area (Å²) in [7, 11) is -5.88. The molecule has 0 aliphatic carbocycles.